The van der Waals surface area contributed by atoms with Crippen LogP contribution in [0.4, 0.5) is 0 Å². The Morgan fingerprint density at radius 1 is 1.72 bits per heavy atom. The van der Waals surface area contributed by atoms with Crippen molar-refractivity contribution in [3.8, 4) is 0 Å². The number of nitrogens with zero attached hydrogens (tertiary/aromatic N) is 1. The molecule has 2 rings (SSSR count). The molecule has 0 bridgehead atoms. The lowest BCUT2D eigenvalue weighted by Gasteiger charge is -2.52. The van der Waals surface area contributed by atoms with Crippen molar-refractivity contribution in [1.82, 2.24) is 4.90 Å². The SMILES string of the molecule is CC(C)OC(=O)C1(CI)CS[C@@H]2C(N)C(=O)N2C1. The van der Waals surface area contributed by atoms with E-state index in [2.05, 4.69) is 22.6 Å². The van der Waals surface area contributed by atoms with Crippen LogP contribution in [0.3, 0.4) is 0 Å². The first kappa shape index (κ1) is 14.4. The Kier molecular flexibility index (Phi) is 4.13. The molecule has 5 nitrogen and oxygen atoms in total. The summed E-state index contributed by atoms with van der Waals surface area (Å²) in [7, 11) is 0. The number of rotatable bonds is 3. The molecule has 0 radical (unpaired) electrons. The molecule has 1 amide bonds. The van der Waals surface area contributed by atoms with E-state index in [-0.39, 0.29) is 23.4 Å². The molecule has 2 saturated heterocycles. The molecule has 2 N–H and O–H groups in total. The van der Waals surface area contributed by atoms with Gasteiger partial charge in [-0.05, 0) is 13.8 Å². The summed E-state index contributed by atoms with van der Waals surface area (Å²) in [6.45, 7) is 4.11. The third kappa shape index (κ3) is 2.24. The molecule has 2 heterocycles. The Morgan fingerprint density at radius 3 is 2.94 bits per heavy atom. The Balaban J connectivity index is 2.10. The Labute approximate surface area is 124 Å². The smallest absolute Gasteiger partial charge is 0.315 e. The standard InChI is InChI=1S/C11H17IN2O3S/c1-6(2)17-10(16)11(3-12)4-14-8(15)7(13)9(14)18-5-11/h6-7,9H,3-5,13H2,1-2H3/t7?,9-,11?/m1/s1. The summed E-state index contributed by atoms with van der Waals surface area (Å²) >= 11 is 3.78. The van der Waals surface area contributed by atoms with Gasteiger partial charge in [-0.2, -0.15) is 0 Å². The van der Waals surface area contributed by atoms with Gasteiger partial charge in [-0.1, -0.05) is 22.6 Å². The van der Waals surface area contributed by atoms with Crippen LogP contribution in [0.1, 0.15) is 13.8 Å². The molecule has 2 aliphatic rings. The molecule has 7 heteroatoms. The molecule has 0 aromatic carbocycles. The molecule has 0 aromatic rings. The van der Waals surface area contributed by atoms with Crippen molar-refractivity contribution in [2.75, 3.05) is 16.7 Å². The highest BCUT2D eigenvalue weighted by Gasteiger charge is 2.55. The molecule has 2 aliphatic heterocycles. The normalized spacial score (nSPS) is 35.2. The molecule has 2 unspecified atom stereocenters. The lowest BCUT2D eigenvalue weighted by molar-refractivity contribution is -0.162. The van der Waals surface area contributed by atoms with Gasteiger partial charge in [0.1, 0.15) is 16.8 Å². The largest absolute Gasteiger partial charge is 0.462 e. The number of thioether (sulfide) groups is 1. The second-order valence-corrected chi connectivity index (χ2v) is 6.93. The van der Waals surface area contributed by atoms with Crippen LogP contribution < -0.4 is 5.73 Å². The van der Waals surface area contributed by atoms with Crippen molar-refractivity contribution in [1.29, 1.82) is 0 Å². The minimum Gasteiger partial charge on any atom is -0.462 e. The summed E-state index contributed by atoms with van der Waals surface area (Å²) in [4.78, 5) is 25.6. The van der Waals surface area contributed by atoms with E-state index in [9.17, 15) is 9.59 Å². The summed E-state index contributed by atoms with van der Waals surface area (Å²) in [5, 5.41) is 0.0421. The fourth-order valence-corrected chi connectivity index (χ4v) is 4.80. The third-order valence-electron chi connectivity index (χ3n) is 3.22. The van der Waals surface area contributed by atoms with Crippen LogP contribution in [0, 0.1) is 5.41 Å². The summed E-state index contributed by atoms with van der Waals surface area (Å²) < 4.78 is 5.98. The van der Waals surface area contributed by atoms with Gasteiger partial charge in [-0.3, -0.25) is 9.59 Å². The number of ether oxygens (including phenoxy) is 1. The van der Waals surface area contributed by atoms with Gasteiger partial charge in [0, 0.05) is 16.7 Å². The van der Waals surface area contributed by atoms with Gasteiger partial charge in [0.2, 0.25) is 5.91 Å². The van der Waals surface area contributed by atoms with Crippen LogP contribution in [0.5, 0.6) is 0 Å². The zero-order chi connectivity index (χ0) is 13.5. The zero-order valence-corrected chi connectivity index (χ0v) is 13.4. The van der Waals surface area contributed by atoms with Gasteiger partial charge in [0.25, 0.3) is 0 Å². The van der Waals surface area contributed by atoms with Gasteiger partial charge in [0.15, 0.2) is 0 Å². The van der Waals surface area contributed by atoms with Crippen LogP contribution in [-0.2, 0) is 14.3 Å². The molecule has 102 valence electrons. The van der Waals surface area contributed by atoms with Crippen molar-refractivity contribution in [2.24, 2.45) is 11.1 Å². The first-order valence-electron chi connectivity index (χ1n) is 5.86. The molecule has 0 saturated carbocycles. The van der Waals surface area contributed by atoms with Crippen LogP contribution in [-0.4, -0.2) is 51.0 Å². The number of alkyl halides is 1. The van der Waals surface area contributed by atoms with Gasteiger partial charge >= 0.3 is 5.97 Å². The predicted molar refractivity (Wildman–Crippen MR) is 78.5 cm³/mol. The monoisotopic (exact) mass is 384 g/mol. The Bertz CT molecular complexity index is 379. The van der Waals surface area contributed by atoms with E-state index in [1.165, 1.54) is 0 Å². The lowest BCUT2D eigenvalue weighted by atomic mass is 9.89. The minimum absolute atomic E-state index is 0.0421. The minimum atomic E-state index is -0.582. The maximum Gasteiger partial charge on any atom is 0.315 e. The molecule has 0 aliphatic carbocycles. The fraction of sp³-hybridized carbons (Fsp3) is 0.818. The Morgan fingerprint density at radius 2 is 2.39 bits per heavy atom. The van der Waals surface area contributed by atoms with E-state index in [1.54, 1.807) is 16.7 Å². The molecular weight excluding hydrogens is 367 g/mol. The topological polar surface area (TPSA) is 72.6 Å². The average molecular weight is 384 g/mol. The van der Waals surface area contributed by atoms with E-state index in [0.29, 0.717) is 16.7 Å². The molecular formula is C11H17IN2O3S. The van der Waals surface area contributed by atoms with E-state index in [1.807, 2.05) is 13.8 Å². The number of carbonyl (C=O) groups is 2. The van der Waals surface area contributed by atoms with Crippen LogP contribution in [0.15, 0.2) is 0 Å². The number of nitrogens with two attached hydrogens (primary N) is 1. The van der Waals surface area contributed by atoms with E-state index >= 15 is 0 Å². The van der Waals surface area contributed by atoms with Crippen molar-refractivity contribution in [3.05, 3.63) is 0 Å². The number of hydrogen-bond donors (Lipinski definition) is 1. The van der Waals surface area contributed by atoms with Crippen LogP contribution >= 0.6 is 34.4 Å². The second kappa shape index (κ2) is 5.16. The predicted octanol–water partition coefficient (Wildman–Crippen LogP) is 0.602. The Hall–Kier alpha value is -0.0200. The zero-order valence-electron chi connectivity index (χ0n) is 10.4. The number of halogens is 1. The van der Waals surface area contributed by atoms with Gasteiger partial charge in [-0.25, -0.2) is 0 Å². The first-order chi connectivity index (χ1) is 8.41. The summed E-state index contributed by atoms with van der Waals surface area (Å²) in [6.07, 6.45) is -0.130. The van der Waals surface area contributed by atoms with E-state index in [4.69, 9.17) is 10.5 Å². The number of carbonyl (C=O) groups excluding carboxylic acids is 2. The first-order valence-corrected chi connectivity index (χ1v) is 8.43. The van der Waals surface area contributed by atoms with Crippen molar-refractivity contribution < 1.29 is 14.3 Å². The van der Waals surface area contributed by atoms with Crippen molar-refractivity contribution in [3.63, 3.8) is 0 Å². The fourth-order valence-electron chi connectivity index (χ4n) is 2.13. The quantitative estimate of drug-likeness (QED) is 0.334. The maximum absolute atomic E-state index is 12.2. The number of hydrogen-bond acceptors (Lipinski definition) is 5. The molecule has 18 heavy (non-hydrogen) atoms. The second-order valence-electron chi connectivity index (χ2n) is 5.06. The van der Waals surface area contributed by atoms with Crippen LogP contribution in [0.2, 0.25) is 0 Å². The highest BCUT2D eigenvalue weighted by molar-refractivity contribution is 14.1. The number of amides is 1. The van der Waals surface area contributed by atoms with Crippen molar-refractivity contribution >= 4 is 46.2 Å². The number of β-lactam (4-membered cyclic amide) rings is 1. The molecule has 0 spiro atoms. The van der Waals surface area contributed by atoms with Gasteiger partial charge < -0.3 is 15.4 Å². The van der Waals surface area contributed by atoms with Gasteiger partial charge in [-0.15, -0.1) is 11.8 Å². The highest BCUT2D eigenvalue weighted by atomic mass is 127. The van der Waals surface area contributed by atoms with Gasteiger partial charge in [0.05, 0.1) is 6.10 Å². The molecule has 3 atom stereocenters. The molecule has 2 fully saturated rings. The third-order valence-corrected chi connectivity index (χ3v) is 6.29. The lowest BCUT2D eigenvalue weighted by Crippen LogP contribution is -2.72. The molecule has 0 aromatic heterocycles. The number of esters is 1. The number of fused-ring (bicyclic) bond motifs is 1. The summed E-state index contributed by atoms with van der Waals surface area (Å²) in [5.41, 5.74) is 5.15. The van der Waals surface area contributed by atoms with E-state index in [0.717, 1.165) is 0 Å². The maximum atomic E-state index is 12.2. The summed E-state index contributed by atoms with van der Waals surface area (Å²) in [6, 6.07) is -0.400. The highest BCUT2D eigenvalue weighted by Crippen LogP contribution is 2.42. The van der Waals surface area contributed by atoms with Crippen molar-refractivity contribution in [2.45, 2.75) is 31.4 Å². The van der Waals surface area contributed by atoms with E-state index < -0.39 is 11.5 Å². The summed E-state index contributed by atoms with van der Waals surface area (Å²) in [5.74, 6) is 0.411. The van der Waals surface area contributed by atoms with Crippen LogP contribution in [0.25, 0.3) is 0 Å². The average Bonchev–Trinajstić information content (AvgIpc) is 2.36.